The topological polar surface area (TPSA) is 57.6 Å². The van der Waals surface area contributed by atoms with E-state index in [0.29, 0.717) is 22.0 Å². The Morgan fingerprint density at radius 3 is 2.16 bits per heavy atom. The predicted molar refractivity (Wildman–Crippen MR) is 126 cm³/mol. The zero-order valence-corrected chi connectivity index (χ0v) is 18.7. The second-order valence-corrected chi connectivity index (χ2v) is 8.50. The lowest BCUT2D eigenvalue weighted by Crippen LogP contribution is -2.31. The number of hydrogen-bond acceptors (Lipinski definition) is 3. The van der Waals surface area contributed by atoms with Crippen molar-refractivity contribution in [2.45, 2.75) is 25.4 Å². The van der Waals surface area contributed by atoms with E-state index in [1.165, 1.54) is 4.90 Å². The van der Waals surface area contributed by atoms with E-state index in [1.807, 2.05) is 60.7 Å². The van der Waals surface area contributed by atoms with Gasteiger partial charge in [-0.2, -0.15) is 0 Å². The van der Waals surface area contributed by atoms with Crippen LogP contribution < -0.4 is 0 Å². The summed E-state index contributed by atoms with van der Waals surface area (Å²) in [7, 11) is 0. The van der Waals surface area contributed by atoms with Crippen molar-refractivity contribution in [1.29, 1.82) is 0 Å². The van der Waals surface area contributed by atoms with Gasteiger partial charge >= 0.3 is 0 Å². The Labute approximate surface area is 196 Å². The number of aliphatic hydroxyl groups excluding tert-OH is 1. The first-order valence-corrected chi connectivity index (χ1v) is 11.0. The zero-order valence-electron chi connectivity index (χ0n) is 17.2. The molecule has 4 rings (SSSR count). The molecule has 1 atom stereocenters. The van der Waals surface area contributed by atoms with Crippen molar-refractivity contribution in [3.63, 3.8) is 0 Å². The van der Waals surface area contributed by atoms with E-state index in [-0.39, 0.29) is 24.3 Å². The van der Waals surface area contributed by atoms with Crippen LogP contribution in [0.5, 0.6) is 0 Å². The molecular formula is C26H21Cl2NO3. The molecule has 0 radical (unpaired) electrons. The van der Waals surface area contributed by atoms with Crippen LogP contribution in [-0.2, 0) is 22.6 Å². The van der Waals surface area contributed by atoms with Gasteiger partial charge in [0.1, 0.15) is 0 Å². The number of halogens is 2. The van der Waals surface area contributed by atoms with Crippen molar-refractivity contribution in [2.24, 2.45) is 0 Å². The molecule has 0 bridgehead atoms. The fourth-order valence-electron chi connectivity index (χ4n) is 3.97. The number of benzene rings is 3. The van der Waals surface area contributed by atoms with Crippen molar-refractivity contribution >= 4 is 34.9 Å². The fraction of sp³-hybridized carbons (Fsp3) is 0.154. The third-order valence-electron chi connectivity index (χ3n) is 5.54. The van der Waals surface area contributed by atoms with Crippen molar-refractivity contribution in [3.05, 3.63) is 117 Å². The number of aryl methyl sites for hydroxylation is 1. The molecule has 1 N–H and O–H groups in total. The molecule has 1 aliphatic rings. The summed E-state index contributed by atoms with van der Waals surface area (Å²) in [6.07, 6.45) is 0.669. The molecule has 1 unspecified atom stereocenters. The number of amides is 1. The van der Waals surface area contributed by atoms with Gasteiger partial charge in [-0.15, -0.1) is 0 Å². The average molecular weight is 466 g/mol. The molecule has 1 aliphatic heterocycles. The van der Waals surface area contributed by atoms with E-state index < -0.39 is 17.7 Å². The second kappa shape index (κ2) is 9.60. The Balaban J connectivity index is 1.70. The van der Waals surface area contributed by atoms with Gasteiger partial charge in [-0.3, -0.25) is 9.59 Å². The largest absolute Gasteiger partial charge is 0.503 e. The highest BCUT2D eigenvalue weighted by Crippen LogP contribution is 2.42. The number of nitrogens with zero attached hydrogens (tertiary/aromatic N) is 1. The van der Waals surface area contributed by atoms with Gasteiger partial charge in [0.15, 0.2) is 11.5 Å². The number of carbonyl (C=O) groups excluding carboxylic acids is 2. The number of ketones is 1. The number of Topliss-reactive ketones (excluding diaryl/α,β-unsaturated/α-hetero) is 1. The molecular weight excluding hydrogens is 445 g/mol. The predicted octanol–water partition coefficient (Wildman–Crippen LogP) is 6.09. The van der Waals surface area contributed by atoms with Crippen LogP contribution in [0, 0.1) is 0 Å². The maximum atomic E-state index is 13.3. The minimum atomic E-state index is -0.796. The van der Waals surface area contributed by atoms with E-state index in [2.05, 4.69) is 0 Å². The van der Waals surface area contributed by atoms with Crippen LogP contribution in [0.4, 0.5) is 0 Å². The molecule has 1 amide bonds. The molecule has 0 aliphatic carbocycles. The first-order chi connectivity index (χ1) is 15.5. The summed E-state index contributed by atoms with van der Waals surface area (Å²) < 4.78 is 0. The molecule has 1 heterocycles. The van der Waals surface area contributed by atoms with E-state index in [4.69, 9.17) is 23.2 Å². The normalized spacial score (nSPS) is 16.0. The molecule has 0 fully saturated rings. The van der Waals surface area contributed by atoms with Crippen molar-refractivity contribution in [1.82, 2.24) is 4.90 Å². The summed E-state index contributed by atoms with van der Waals surface area (Å²) in [6, 6.07) is 23.2. The smallest absolute Gasteiger partial charge is 0.290 e. The molecule has 4 nitrogen and oxygen atoms in total. The Kier molecular flexibility index (Phi) is 6.63. The van der Waals surface area contributed by atoms with Crippen LogP contribution in [-0.4, -0.2) is 21.7 Å². The summed E-state index contributed by atoms with van der Waals surface area (Å²) in [5.41, 5.74) is 2.51. The van der Waals surface area contributed by atoms with Crippen LogP contribution in [0.2, 0.25) is 10.0 Å². The van der Waals surface area contributed by atoms with Gasteiger partial charge in [0, 0.05) is 23.0 Å². The van der Waals surface area contributed by atoms with Gasteiger partial charge in [-0.05, 0) is 35.2 Å². The highest BCUT2D eigenvalue weighted by molar-refractivity contribution is 6.35. The highest BCUT2D eigenvalue weighted by Gasteiger charge is 2.43. The number of aliphatic hydroxyl groups is 1. The zero-order chi connectivity index (χ0) is 22.7. The molecule has 162 valence electrons. The van der Waals surface area contributed by atoms with Gasteiger partial charge in [-0.1, -0.05) is 89.9 Å². The quantitative estimate of drug-likeness (QED) is 0.459. The lowest BCUT2D eigenvalue weighted by Gasteiger charge is -2.27. The third-order valence-corrected chi connectivity index (χ3v) is 6.10. The van der Waals surface area contributed by atoms with Crippen LogP contribution in [0.3, 0.4) is 0 Å². The van der Waals surface area contributed by atoms with E-state index in [0.717, 1.165) is 11.1 Å². The number of carbonyl (C=O) groups is 2. The number of rotatable bonds is 7. The minimum Gasteiger partial charge on any atom is -0.503 e. The Hall–Kier alpha value is -3.08. The monoisotopic (exact) mass is 465 g/mol. The van der Waals surface area contributed by atoms with E-state index in [9.17, 15) is 14.7 Å². The Morgan fingerprint density at radius 2 is 1.53 bits per heavy atom. The molecule has 3 aromatic carbocycles. The van der Waals surface area contributed by atoms with Crippen LogP contribution in [0.25, 0.3) is 0 Å². The molecule has 6 heteroatoms. The van der Waals surface area contributed by atoms with Crippen molar-refractivity contribution in [2.75, 3.05) is 0 Å². The molecule has 3 aromatic rings. The maximum Gasteiger partial charge on any atom is 0.290 e. The summed E-state index contributed by atoms with van der Waals surface area (Å²) in [4.78, 5) is 27.8. The highest BCUT2D eigenvalue weighted by atomic mass is 35.5. The van der Waals surface area contributed by atoms with Crippen molar-refractivity contribution in [3.8, 4) is 0 Å². The van der Waals surface area contributed by atoms with Gasteiger partial charge in [0.2, 0.25) is 0 Å². The van der Waals surface area contributed by atoms with Gasteiger partial charge < -0.3 is 10.0 Å². The molecule has 32 heavy (non-hydrogen) atoms. The first-order valence-electron chi connectivity index (χ1n) is 10.3. The van der Waals surface area contributed by atoms with Gasteiger partial charge in [0.05, 0.1) is 11.6 Å². The Bertz CT molecular complexity index is 1180. The Morgan fingerprint density at radius 1 is 0.906 bits per heavy atom. The fourth-order valence-corrected chi connectivity index (χ4v) is 4.48. The van der Waals surface area contributed by atoms with Crippen LogP contribution >= 0.6 is 23.2 Å². The van der Waals surface area contributed by atoms with Crippen LogP contribution in [0.15, 0.2) is 90.2 Å². The first kappa shape index (κ1) is 22.1. The molecule has 0 spiro atoms. The lowest BCUT2D eigenvalue weighted by atomic mass is 9.93. The summed E-state index contributed by atoms with van der Waals surface area (Å²) >= 11 is 12.5. The molecule has 0 aromatic heterocycles. The van der Waals surface area contributed by atoms with Gasteiger partial charge in [0.25, 0.3) is 5.91 Å². The number of hydrogen-bond donors (Lipinski definition) is 1. The van der Waals surface area contributed by atoms with Crippen molar-refractivity contribution < 1.29 is 14.7 Å². The summed E-state index contributed by atoms with van der Waals surface area (Å²) in [5.74, 6) is -1.39. The second-order valence-electron chi connectivity index (χ2n) is 7.66. The van der Waals surface area contributed by atoms with E-state index in [1.54, 1.807) is 18.2 Å². The SMILES string of the molecule is O=C(CCc1ccccc1)C1=C(O)C(=O)N(Cc2ccccc2)C1c1ccc(Cl)cc1Cl. The third kappa shape index (κ3) is 4.57. The van der Waals surface area contributed by atoms with E-state index >= 15 is 0 Å². The minimum absolute atomic E-state index is 0.0751. The maximum absolute atomic E-state index is 13.3. The van der Waals surface area contributed by atoms with Crippen LogP contribution in [0.1, 0.15) is 29.2 Å². The lowest BCUT2D eigenvalue weighted by molar-refractivity contribution is -0.130. The molecule has 0 saturated carbocycles. The summed E-state index contributed by atoms with van der Waals surface area (Å²) in [5, 5.41) is 11.5. The average Bonchev–Trinajstić information content (AvgIpc) is 3.04. The van der Waals surface area contributed by atoms with Gasteiger partial charge in [-0.25, -0.2) is 0 Å². The standard InChI is InChI=1S/C26H21Cl2NO3/c27-19-12-13-20(21(28)15-19)24-23(22(30)14-11-17-7-3-1-4-8-17)25(31)26(32)29(24)16-18-9-5-2-6-10-18/h1-10,12-13,15,24,31H,11,14,16H2. The summed E-state index contributed by atoms with van der Waals surface area (Å²) in [6.45, 7) is 0.225. The molecule has 0 saturated heterocycles.